The van der Waals surface area contributed by atoms with Crippen LogP contribution in [0.25, 0.3) is 0 Å². The van der Waals surface area contributed by atoms with E-state index in [9.17, 15) is 13.2 Å². The zero-order valence-corrected chi connectivity index (χ0v) is 6.23. The van der Waals surface area contributed by atoms with Crippen LogP contribution in [0.5, 0.6) is 0 Å². The van der Waals surface area contributed by atoms with Crippen molar-refractivity contribution in [2.24, 2.45) is 11.7 Å². The van der Waals surface area contributed by atoms with E-state index >= 15 is 0 Å². The van der Waals surface area contributed by atoms with Gasteiger partial charge in [-0.15, -0.1) is 0 Å². The van der Waals surface area contributed by atoms with E-state index in [-0.39, 0.29) is 6.42 Å². The molecule has 0 aliphatic carbocycles. The average molecular weight is 171 g/mol. The molecule has 0 saturated heterocycles. The molecule has 3 N–H and O–H groups in total. The number of nitrogens with two attached hydrogens (primary N) is 1. The molecule has 11 heavy (non-hydrogen) atoms. The summed E-state index contributed by atoms with van der Waals surface area (Å²) in [7, 11) is 0. The van der Waals surface area contributed by atoms with Gasteiger partial charge in [-0.1, -0.05) is 0 Å². The minimum Gasteiger partial charge on any atom is -0.396 e. The predicted molar refractivity (Wildman–Crippen MR) is 34.9 cm³/mol. The molecule has 0 spiro atoms. The van der Waals surface area contributed by atoms with E-state index in [1.165, 1.54) is 6.92 Å². The van der Waals surface area contributed by atoms with Gasteiger partial charge in [0.1, 0.15) is 0 Å². The van der Waals surface area contributed by atoms with Gasteiger partial charge in [-0.25, -0.2) is 0 Å². The largest absolute Gasteiger partial charge is 0.396 e. The molecule has 0 radical (unpaired) electrons. The number of aliphatic hydroxyl groups is 1. The number of aliphatic hydroxyl groups excluding tert-OH is 1. The summed E-state index contributed by atoms with van der Waals surface area (Å²) in [4.78, 5) is 0. The molecule has 0 aromatic carbocycles. The van der Waals surface area contributed by atoms with Gasteiger partial charge in [0.2, 0.25) is 0 Å². The third kappa shape index (κ3) is 3.57. The van der Waals surface area contributed by atoms with Crippen molar-refractivity contribution in [3.8, 4) is 0 Å². The summed E-state index contributed by atoms with van der Waals surface area (Å²) in [5.74, 6) is -1.59. The van der Waals surface area contributed by atoms with Crippen LogP contribution in [-0.4, -0.2) is 23.9 Å². The van der Waals surface area contributed by atoms with E-state index in [1.54, 1.807) is 0 Å². The van der Waals surface area contributed by atoms with Gasteiger partial charge in [-0.05, 0) is 13.3 Å². The molecular weight excluding hydrogens is 159 g/mol. The maximum atomic E-state index is 12.0. The first-order valence-corrected chi connectivity index (χ1v) is 3.32. The predicted octanol–water partition coefficient (Wildman–Crippen LogP) is 0.895. The zero-order valence-electron chi connectivity index (χ0n) is 6.23. The lowest BCUT2D eigenvalue weighted by molar-refractivity contribution is -0.182. The summed E-state index contributed by atoms with van der Waals surface area (Å²) in [6, 6.07) is -0.956. The Morgan fingerprint density at radius 3 is 2.00 bits per heavy atom. The Kier molecular flexibility index (Phi) is 3.82. The van der Waals surface area contributed by atoms with Gasteiger partial charge in [0.05, 0.1) is 5.92 Å². The van der Waals surface area contributed by atoms with Gasteiger partial charge in [0, 0.05) is 12.6 Å². The summed E-state index contributed by atoms with van der Waals surface area (Å²) >= 11 is 0. The van der Waals surface area contributed by atoms with Crippen molar-refractivity contribution in [1.29, 1.82) is 0 Å². The smallest absolute Gasteiger partial charge is 0.393 e. The number of alkyl halides is 3. The van der Waals surface area contributed by atoms with Crippen LogP contribution in [0.4, 0.5) is 13.2 Å². The summed E-state index contributed by atoms with van der Waals surface area (Å²) in [5, 5.41) is 8.29. The van der Waals surface area contributed by atoms with Crippen molar-refractivity contribution < 1.29 is 18.3 Å². The Balaban J connectivity index is 4.10. The van der Waals surface area contributed by atoms with E-state index in [2.05, 4.69) is 0 Å². The van der Waals surface area contributed by atoms with Crippen LogP contribution in [-0.2, 0) is 0 Å². The van der Waals surface area contributed by atoms with E-state index in [0.717, 1.165) is 0 Å². The Bertz CT molecular complexity index is 113. The van der Waals surface area contributed by atoms with Crippen molar-refractivity contribution in [1.82, 2.24) is 0 Å². The molecule has 2 atom stereocenters. The van der Waals surface area contributed by atoms with Gasteiger partial charge in [-0.3, -0.25) is 0 Å². The highest BCUT2D eigenvalue weighted by atomic mass is 19.4. The van der Waals surface area contributed by atoms with E-state index < -0.39 is 24.7 Å². The van der Waals surface area contributed by atoms with E-state index in [1.807, 2.05) is 0 Å². The molecule has 2 unspecified atom stereocenters. The minimum absolute atomic E-state index is 0.318. The Morgan fingerprint density at radius 1 is 1.45 bits per heavy atom. The first-order chi connectivity index (χ1) is 4.89. The van der Waals surface area contributed by atoms with Crippen LogP contribution in [0, 0.1) is 5.92 Å². The zero-order chi connectivity index (χ0) is 9.07. The first-order valence-electron chi connectivity index (χ1n) is 3.32. The van der Waals surface area contributed by atoms with Crippen LogP contribution in [0.2, 0.25) is 0 Å². The summed E-state index contributed by atoms with van der Waals surface area (Å²) in [6.07, 6.45) is -4.61. The molecule has 0 rings (SSSR count). The van der Waals surface area contributed by atoms with Crippen molar-refractivity contribution in [2.75, 3.05) is 6.61 Å². The minimum atomic E-state index is -4.29. The van der Waals surface area contributed by atoms with Crippen molar-refractivity contribution in [3.05, 3.63) is 0 Å². The number of rotatable bonds is 3. The molecule has 0 bridgehead atoms. The van der Waals surface area contributed by atoms with Gasteiger partial charge in [-0.2, -0.15) is 13.2 Å². The molecule has 0 aliphatic heterocycles. The normalized spacial score (nSPS) is 18.0. The SMILES string of the molecule is CC(N)C(CCO)C(F)(F)F. The molecule has 68 valence electrons. The number of halogens is 3. The van der Waals surface area contributed by atoms with Gasteiger partial charge < -0.3 is 10.8 Å². The maximum Gasteiger partial charge on any atom is 0.393 e. The van der Waals surface area contributed by atoms with Gasteiger partial charge >= 0.3 is 6.18 Å². The van der Waals surface area contributed by atoms with E-state index in [4.69, 9.17) is 10.8 Å². The van der Waals surface area contributed by atoms with Crippen LogP contribution < -0.4 is 5.73 Å². The molecule has 0 aromatic heterocycles. The molecule has 0 aliphatic rings. The topological polar surface area (TPSA) is 46.2 Å². The lowest BCUT2D eigenvalue weighted by atomic mass is 9.98. The summed E-state index contributed by atoms with van der Waals surface area (Å²) in [5.41, 5.74) is 5.08. The second-order valence-electron chi connectivity index (χ2n) is 2.52. The van der Waals surface area contributed by atoms with Crippen molar-refractivity contribution >= 4 is 0 Å². The van der Waals surface area contributed by atoms with E-state index in [0.29, 0.717) is 0 Å². The molecule has 0 fully saturated rings. The van der Waals surface area contributed by atoms with Crippen LogP contribution in [0.15, 0.2) is 0 Å². The monoisotopic (exact) mass is 171 g/mol. The fraction of sp³-hybridized carbons (Fsp3) is 1.00. The molecule has 0 aromatic rings. The number of hydrogen-bond acceptors (Lipinski definition) is 2. The quantitative estimate of drug-likeness (QED) is 0.662. The second kappa shape index (κ2) is 3.92. The van der Waals surface area contributed by atoms with Crippen molar-refractivity contribution in [2.45, 2.75) is 25.6 Å². The fourth-order valence-corrected chi connectivity index (χ4v) is 0.864. The lowest BCUT2D eigenvalue weighted by Gasteiger charge is -2.22. The van der Waals surface area contributed by atoms with Gasteiger partial charge in [0.15, 0.2) is 0 Å². The van der Waals surface area contributed by atoms with Crippen LogP contribution in [0.1, 0.15) is 13.3 Å². The fourth-order valence-electron chi connectivity index (χ4n) is 0.864. The standard InChI is InChI=1S/C6H12F3NO/c1-4(10)5(2-3-11)6(7,8)9/h4-5,11H,2-3,10H2,1H3. The van der Waals surface area contributed by atoms with Crippen LogP contribution in [0.3, 0.4) is 0 Å². The highest BCUT2D eigenvalue weighted by Crippen LogP contribution is 2.30. The average Bonchev–Trinajstić information content (AvgIpc) is 1.79. The molecule has 0 heterocycles. The Labute approximate surface area is 63.2 Å². The highest BCUT2D eigenvalue weighted by molar-refractivity contribution is 4.75. The molecule has 0 amide bonds. The maximum absolute atomic E-state index is 12.0. The molecular formula is C6H12F3NO. The highest BCUT2D eigenvalue weighted by Gasteiger charge is 2.41. The van der Waals surface area contributed by atoms with Gasteiger partial charge in [0.25, 0.3) is 0 Å². The third-order valence-electron chi connectivity index (χ3n) is 1.50. The molecule has 0 saturated carbocycles. The number of hydrogen-bond donors (Lipinski definition) is 2. The van der Waals surface area contributed by atoms with Crippen molar-refractivity contribution in [3.63, 3.8) is 0 Å². The Hall–Kier alpha value is -0.290. The Morgan fingerprint density at radius 2 is 1.91 bits per heavy atom. The molecule has 5 heteroatoms. The summed E-state index contributed by atoms with van der Waals surface area (Å²) < 4.78 is 35.9. The third-order valence-corrected chi connectivity index (χ3v) is 1.50. The second-order valence-corrected chi connectivity index (χ2v) is 2.52. The molecule has 2 nitrogen and oxygen atoms in total. The lowest BCUT2D eigenvalue weighted by Crippen LogP contribution is -2.38. The first kappa shape index (κ1) is 10.7. The summed E-state index contributed by atoms with van der Waals surface area (Å²) in [6.45, 7) is 0.805. The van der Waals surface area contributed by atoms with Crippen LogP contribution >= 0.6 is 0 Å².